The van der Waals surface area contributed by atoms with Crippen molar-refractivity contribution in [3.8, 4) is 5.75 Å². The third kappa shape index (κ3) is 1.78. The lowest BCUT2D eigenvalue weighted by atomic mass is 9.99. The summed E-state index contributed by atoms with van der Waals surface area (Å²) in [6.07, 6.45) is -0.0992. The van der Waals surface area contributed by atoms with Crippen molar-refractivity contribution >= 4 is 11.8 Å². The lowest BCUT2D eigenvalue weighted by Crippen LogP contribution is -2.30. The number of methoxy groups -OCH3 is 1. The van der Waals surface area contributed by atoms with Gasteiger partial charge in [-0.25, -0.2) is 4.79 Å². The minimum atomic E-state index is -0.408. The molecular formula is C12H12O4. The summed E-state index contributed by atoms with van der Waals surface area (Å²) in [5.74, 6) is 0.281. The zero-order valence-electron chi connectivity index (χ0n) is 9.15. The molecule has 84 valence electrons. The molecule has 0 aromatic heterocycles. The number of rotatable bonds is 1. The third-order valence-electron chi connectivity index (χ3n) is 2.60. The Bertz CT molecular complexity index is 450. The van der Waals surface area contributed by atoms with Crippen LogP contribution in [0.1, 0.15) is 22.8 Å². The van der Waals surface area contributed by atoms with Crippen LogP contribution in [-0.2, 0) is 16.0 Å². The Hall–Kier alpha value is -1.84. The smallest absolute Gasteiger partial charge is 0.337 e. The molecule has 0 aliphatic carbocycles. The Morgan fingerprint density at radius 1 is 1.50 bits per heavy atom. The van der Waals surface area contributed by atoms with Gasteiger partial charge in [-0.1, -0.05) is 0 Å². The molecule has 0 saturated heterocycles. The van der Waals surface area contributed by atoms with E-state index >= 15 is 0 Å². The fourth-order valence-electron chi connectivity index (χ4n) is 1.66. The van der Waals surface area contributed by atoms with Crippen molar-refractivity contribution in [2.75, 3.05) is 7.11 Å². The molecule has 1 aromatic rings. The summed E-state index contributed by atoms with van der Waals surface area (Å²) in [5, 5.41) is 0. The quantitative estimate of drug-likeness (QED) is 0.671. The van der Waals surface area contributed by atoms with Gasteiger partial charge in [-0.15, -0.1) is 0 Å². The molecule has 0 radical (unpaired) electrons. The lowest BCUT2D eigenvalue weighted by Gasteiger charge is -2.22. The highest BCUT2D eigenvalue weighted by Crippen LogP contribution is 2.27. The van der Waals surface area contributed by atoms with E-state index in [1.54, 1.807) is 25.1 Å². The zero-order valence-corrected chi connectivity index (χ0v) is 9.15. The van der Waals surface area contributed by atoms with Crippen molar-refractivity contribution in [2.45, 2.75) is 19.4 Å². The fourth-order valence-corrected chi connectivity index (χ4v) is 1.66. The summed E-state index contributed by atoms with van der Waals surface area (Å²) in [5.41, 5.74) is 1.18. The van der Waals surface area contributed by atoms with Crippen molar-refractivity contribution in [1.82, 2.24) is 0 Å². The van der Waals surface area contributed by atoms with Gasteiger partial charge in [0.2, 0.25) is 0 Å². The summed E-state index contributed by atoms with van der Waals surface area (Å²) >= 11 is 0. The second-order valence-electron chi connectivity index (χ2n) is 3.72. The van der Waals surface area contributed by atoms with E-state index in [1.165, 1.54) is 7.11 Å². The summed E-state index contributed by atoms with van der Waals surface area (Å²) in [4.78, 5) is 22.8. The second kappa shape index (κ2) is 3.96. The average molecular weight is 220 g/mol. The van der Waals surface area contributed by atoms with Gasteiger partial charge in [-0.2, -0.15) is 0 Å². The van der Waals surface area contributed by atoms with Crippen LogP contribution < -0.4 is 4.74 Å². The molecule has 0 fully saturated rings. The van der Waals surface area contributed by atoms with Crippen LogP contribution in [0.4, 0.5) is 0 Å². The molecular weight excluding hydrogens is 208 g/mol. The maximum atomic E-state index is 11.5. The Labute approximate surface area is 93.2 Å². The first kappa shape index (κ1) is 10.7. The molecule has 1 aliphatic rings. The molecule has 0 spiro atoms. The van der Waals surface area contributed by atoms with Gasteiger partial charge in [0.25, 0.3) is 0 Å². The Morgan fingerprint density at radius 2 is 2.25 bits per heavy atom. The number of carbonyl (C=O) groups excluding carboxylic acids is 2. The fraction of sp³-hybridized carbons (Fsp3) is 0.333. The van der Waals surface area contributed by atoms with Crippen molar-refractivity contribution in [2.24, 2.45) is 0 Å². The number of fused-ring (bicyclic) bond motifs is 1. The average Bonchev–Trinajstić information content (AvgIpc) is 2.29. The molecule has 4 heteroatoms. The summed E-state index contributed by atoms with van der Waals surface area (Å²) < 4.78 is 10.0. The van der Waals surface area contributed by atoms with Crippen LogP contribution in [0, 0.1) is 0 Å². The highest BCUT2D eigenvalue weighted by molar-refractivity contribution is 5.92. The molecule has 1 heterocycles. The monoisotopic (exact) mass is 220 g/mol. The standard InChI is InChI=1S/C12H12O4/c1-7-10(13)6-9-5-8(12(14)15-2)3-4-11(9)16-7/h3-5,7H,6H2,1-2H3. The van der Waals surface area contributed by atoms with Crippen molar-refractivity contribution in [3.05, 3.63) is 29.3 Å². The van der Waals surface area contributed by atoms with Crippen molar-refractivity contribution in [3.63, 3.8) is 0 Å². The first-order valence-corrected chi connectivity index (χ1v) is 5.02. The first-order chi connectivity index (χ1) is 7.61. The number of carbonyl (C=O) groups is 2. The van der Waals surface area contributed by atoms with E-state index in [0.717, 1.165) is 5.56 Å². The number of esters is 1. The van der Waals surface area contributed by atoms with Gasteiger partial charge >= 0.3 is 5.97 Å². The molecule has 4 nitrogen and oxygen atoms in total. The molecule has 2 rings (SSSR count). The van der Waals surface area contributed by atoms with E-state index in [4.69, 9.17) is 4.74 Å². The summed E-state index contributed by atoms with van der Waals surface area (Å²) in [7, 11) is 1.32. The maximum Gasteiger partial charge on any atom is 0.337 e. The van der Waals surface area contributed by atoms with E-state index in [1.807, 2.05) is 0 Å². The predicted octanol–water partition coefficient (Wildman–Crippen LogP) is 1.37. The molecule has 16 heavy (non-hydrogen) atoms. The highest BCUT2D eigenvalue weighted by Gasteiger charge is 2.24. The summed E-state index contributed by atoms with van der Waals surface area (Å²) in [6, 6.07) is 4.97. The van der Waals surface area contributed by atoms with Crippen LogP contribution in [0.3, 0.4) is 0 Å². The van der Waals surface area contributed by atoms with Crippen LogP contribution in [-0.4, -0.2) is 25.0 Å². The van der Waals surface area contributed by atoms with E-state index in [9.17, 15) is 9.59 Å². The summed E-state index contributed by atoms with van der Waals surface area (Å²) in [6.45, 7) is 1.72. The van der Waals surface area contributed by atoms with Gasteiger partial charge in [0.1, 0.15) is 5.75 Å². The van der Waals surface area contributed by atoms with Crippen LogP contribution in [0.25, 0.3) is 0 Å². The molecule has 0 N–H and O–H groups in total. The Morgan fingerprint density at radius 3 is 2.94 bits per heavy atom. The minimum Gasteiger partial charge on any atom is -0.483 e. The third-order valence-corrected chi connectivity index (χ3v) is 2.60. The zero-order chi connectivity index (χ0) is 11.7. The topological polar surface area (TPSA) is 52.6 Å². The van der Waals surface area contributed by atoms with Gasteiger partial charge in [-0.3, -0.25) is 4.79 Å². The van der Waals surface area contributed by atoms with E-state index in [2.05, 4.69) is 4.74 Å². The van der Waals surface area contributed by atoms with Crippen LogP contribution in [0.5, 0.6) is 5.75 Å². The lowest BCUT2D eigenvalue weighted by molar-refractivity contribution is -0.125. The number of Topliss-reactive ketones (excluding diaryl/α,β-unsaturated/α-hetero) is 1. The van der Waals surface area contributed by atoms with Crippen LogP contribution in [0.2, 0.25) is 0 Å². The molecule has 1 aromatic carbocycles. The van der Waals surface area contributed by atoms with Crippen LogP contribution >= 0.6 is 0 Å². The van der Waals surface area contributed by atoms with Gasteiger partial charge in [0.15, 0.2) is 11.9 Å². The van der Waals surface area contributed by atoms with E-state index < -0.39 is 12.1 Å². The van der Waals surface area contributed by atoms with Crippen molar-refractivity contribution in [1.29, 1.82) is 0 Å². The van der Waals surface area contributed by atoms with Crippen LogP contribution in [0.15, 0.2) is 18.2 Å². The van der Waals surface area contributed by atoms with Crippen molar-refractivity contribution < 1.29 is 19.1 Å². The van der Waals surface area contributed by atoms with Gasteiger partial charge in [0.05, 0.1) is 12.7 Å². The van der Waals surface area contributed by atoms with Gasteiger partial charge in [-0.05, 0) is 25.1 Å². The van der Waals surface area contributed by atoms with E-state index in [-0.39, 0.29) is 5.78 Å². The molecule has 0 saturated carbocycles. The molecule has 0 bridgehead atoms. The first-order valence-electron chi connectivity index (χ1n) is 5.02. The predicted molar refractivity (Wildman–Crippen MR) is 56.6 cm³/mol. The molecule has 1 atom stereocenters. The number of hydrogen-bond donors (Lipinski definition) is 0. The highest BCUT2D eigenvalue weighted by atomic mass is 16.5. The van der Waals surface area contributed by atoms with Gasteiger partial charge < -0.3 is 9.47 Å². The normalized spacial score (nSPS) is 18.6. The minimum absolute atomic E-state index is 0.0227. The number of benzene rings is 1. The molecule has 1 unspecified atom stereocenters. The Balaban J connectivity index is 2.36. The molecule has 0 amide bonds. The molecule has 1 aliphatic heterocycles. The largest absolute Gasteiger partial charge is 0.483 e. The SMILES string of the molecule is COC(=O)c1ccc2c(c1)CC(=O)C(C)O2. The van der Waals surface area contributed by atoms with Gasteiger partial charge in [0, 0.05) is 12.0 Å². The maximum absolute atomic E-state index is 11.5. The Kier molecular flexibility index (Phi) is 2.64. The van der Waals surface area contributed by atoms with E-state index in [0.29, 0.717) is 17.7 Å². The number of hydrogen-bond acceptors (Lipinski definition) is 4. The second-order valence-corrected chi connectivity index (χ2v) is 3.72. The number of ketones is 1. The number of ether oxygens (including phenoxy) is 2.